The maximum atomic E-state index is 12.0. The van der Waals surface area contributed by atoms with Crippen LogP contribution in [0.1, 0.15) is 19.0 Å². The molecule has 17 heavy (non-hydrogen) atoms. The highest BCUT2D eigenvalue weighted by molar-refractivity contribution is 7.13. The second-order valence-corrected chi connectivity index (χ2v) is 4.60. The lowest BCUT2D eigenvalue weighted by atomic mass is 9.84. The fourth-order valence-electron chi connectivity index (χ4n) is 1.73. The average Bonchev–Trinajstić information content (AvgIpc) is 2.86. The Balaban J connectivity index is 2.37. The molecule has 1 aromatic rings. The Bertz CT molecular complexity index is 459. The van der Waals surface area contributed by atoms with Crippen LogP contribution in [-0.4, -0.2) is 30.1 Å². The largest absolute Gasteiger partial charge is 0.465 e. The molecule has 0 aliphatic carbocycles. The number of hydrogen-bond acceptors (Lipinski definition) is 7. The third kappa shape index (κ3) is 1.97. The van der Waals surface area contributed by atoms with E-state index in [9.17, 15) is 9.59 Å². The van der Waals surface area contributed by atoms with E-state index in [1.807, 2.05) is 0 Å². The van der Waals surface area contributed by atoms with E-state index in [1.165, 1.54) is 11.3 Å². The second kappa shape index (κ2) is 4.33. The van der Waals surface area contributed by atoms with Crippen LogP contribution in [-0.2, 0) is 24.5 Å². The Kier molecular flexibility index (Phi) is 3.01. The summed E-state index contributed by atoms with van der Waals surface area (Å²) in [5.41, 5.74) is 4.87. The monoisotopic (exact) mass is 256 g/mol. The number of anilines is 1. The molecule has 1 saturated heterocycles. The van der Waals surface area contributed by atoms with Gasteiger partial charge in [-0.3, -0.25) is 9.59 Å². The fraction of sp³-hybridized carbons (Fsp3) is 0.500. The molecular weight excluding hydrogens is 244 g/mol. The third-order valence-corrected chi connectivity index (χ3v) is 3.28. The zero-order chi connectivity index (χ0) is 12.5. The molecule has 0 saturated carbocycles. The summed E-state index contributed by atoms with van der Waals surface area (Å²) in [4.78, 5) is 27.3. The van der Waals surface area contributed by atoms with Crippen LogP contribution in [0, 0.1) is 0 Å². The van der Waals surface area contributed by atoms with Gasteiger partial charge >= 0.3 is 11.9 Å². The highest BCUT2D eigenvalue weighted by Crippen LogP contribution is 2.36. The molecule has 1 aromatic heterocycles. The van der Waals surface area contributed by atoms with Gasteiger partial charge in [0.15, 0.2) is 10.5 Å². The van der Waals surface area contributed by atoms with Crippen molar-refractivity contribution >= 4 is 28.4 Å². The van der Waals surface area contributed by atoms with Crippen molar-refractivity contribution in [2.24, 2.45) is 0 Å². The van der Waals surface area contributed by atoms with Crippen LogP contribution in [0.5, 0.6) is 0 Å². The molecule has 0 bridgehead atoms. The van der Waals surface area contributed by atoms with Crippen molar-refractivity contribution < 1.29 is 19.1 Å². The van der Waals surface area contributed by atoms with E-state index in [1.54, 1.807) is 12.3 Å². The number of nitrogen functional groups attached to an aromatic ring is 1. The molecule has 0 radical (unpaired) electrons. The molecule has 0 amide bonds. The van der Waals surface area contributed by atoms with Gasteiger partial charge in [-0.25, -0.2) is 4.98 Å². The lowest BCUT2D eigenvalue weighted by molar-refractivity contribution is -0.150. The number of hydrogen-bond donors (Lipinski definition) is 1. The molecule has 7 heteroatoms. The van der Waals surface area contributed by atoms with Crippen LogP contribution in [0.4, 0.5) is 5.13 Å². The number of carbonyl (C=O) groups is 2. The molecule has 92 valence electrons. The summed E-state index contributed by atoms with van der Waals surface area (Å²) in [6.45, 7) is 1.92. The first-order valence-electron chi connectivity index (χ1n) is 5.13. The van der Waals surface area contributed by atoms with Crippen LogP contribution < -0.4 is 5.73 Å². The van der Waals surface area contributed by atoms with Gasteiger partial charge in [-0.1, -0.05) is 0 Å². The van der Waals surface area contributed by atoms with Crippen LogP contribution >= 0.6 is 11.3 Å². The minimum atomic E-state index is -1.12. The maximum absolute atomic E-state index is 12.0. The summed E-state index contributed by atoms with van der Waals surface area (Å²) in [7, 11) is 0. The number of aromatic nitrogens is 1. The molecule has 0 aromatic carbocycles. The summed E-state index contributed by atoms with van der Waals surface area (Å²) < 4.78 is 9.88. The van der Waals surface area contributed by atoms with E-state index < -0.39 is 17.4 Å². The first kappa shape index (κ1) is 11.8. The number of thiazole rings is 1. The van der Waals surface area contributed by atoms with E-state index in [0.29, 0.717) is 10.8 Å². The second-order valence-electron chi connectivity index (χ2n) is 3.71. The van der Waals surface area contributed by atoms with Gasteiger partial charge in [0, 0.05) is 5.38 Å². The molecule has 2 N–H and O–H groups in total. The number of ether oxygens (including phenoxy) is 2. The fourth-order valence-corrected chi connectivity index (χ4v) is 2.39. The van der Waals surface area contributed by atoms with Gasteiger partial charge in [0.25, 0.3) is 0 Å². The van der Waals surface area contributed by atoms with E-state index in [-0.39, 0.29) is 19.6 Å². The van der Waals surface area contributed by atoms with Crippen molar-refractivity contribution in [3.05, 3.63) is 11.1 Å². The Labute approximate surface area is 102 Å². The summed E-state index contributed by atoms with van der Waals surface area (Å²) in [5, 5.41) is 2.01. The number of nitrogens with two attached hydrogens (primary N) is 1. The molecule has 2 heterocycles. The molecule has 6 nitrogen and oxygen atoms in total. The van der Waals surface area contributed by atoms with E-state index in [0.717, 1.165) is 0 Å². The zero-order valence-electron chi connectivity index (χ0n) is 9.26. The van der Waals surface area contributed by atoms with Crippen LogP contribution in [0.25, 0.3) is 0 Å². The van der Waals surface area contributed by atoms with Crippen molar-refractivity contribution in [3.8, 4) is 0 Å². The topological polar surface area (TPSA) is 91.5 Å². The van der Waals surface area contributed by atoms with Gasteiger partial charge in [-0.2, -0.15) is 0 Å². The van der Waals surface area contributed by atoms with E-state index in [2.05, 4.69) is 4.98 Å². The van der Waals surface area contributed by atoms with E-state index in [4.69, 9.17) is 15.2 Å². The highest BCUT2D eigenvalue weighted by Gasteiger charge is 2.51. The first-order chi connectivity index (χ1) is 8.08. The minimum Gasteiger partial charge on any atom is -0.465 e. The maximum Gasteiger partial charge on any atom is 0.322 e. The van der Waals surface area contributed by atoms with Crippen molar-refractivity contribution in [1.29, 1.82) is 0 Å². The zero-order valence-corrected chi connectivity index (χ0v) is 10.1. The molecule has 2 rings (SSSR count). The Morgan fingerprint density at radius 3 is 3.00 bits per heavy atom. The molecule has 1 aliphatic rings. The van der Waals surface area contributed by atoms with Gasteiger partial charge in [-0.15, -0.1) is 11.3 Å². The highest BCUT2D eigenvalue weighted by atomic mass is 32.1. The quantitative estimate of drug-likeness (QED) is 0.790. The molecule has 1 atom stereocenters. The normalized spacial score (nSPS) is 23.5. The van der Waals surface area contributed by atoms with E-state index >= 15 is 0 Å². The number of esters is 2. The number of carbonyl (C=O) groups excluding carboxylic acids is 2. The summed E-state index contributed by atoms with van der Waals surface area (Å²) in [6, 6.07) is 0. The lowest BCUT2D eigenvalue weighted by Gasteiger charge is -2.20. The molecule has 0 unspecified atom stereocenters. The predicted molar refractivity (Wildman–Crippen MR) is 60.4 cm³/mol. The number of cyclic esters (lactones) is 1. The van der Waals surface area contributed by atoms with Crippen LogP contribution in [0.2, 0.25) is 0 Å². The molecule has 1 fully saturated rings. The Morgan fingerprint density at radius 1 is 1.76 bits per heavy atom. The minimum absolute atomic E-state index is 0.0339. The average molecular weight is 256 g/mol. The Morgan fingerprint density at radius 2 is 2.53 bits per heavy atom. The first-order valence-corrected chi connectivity index (χ1v) is 6.01. The van der Waals surface area contributed by atoms with Crippen molar-refractivity contribution in [2.75, 3.05) is 18.9 Å². The summed E-state index contributed by atoms with van der Waals surface area (Å²) >= 11 is 1.22. The lowest BCUT2D eigenvalue weighted by Crippen LogP contribution is -2.38. The summed E-state index contributed by atoms with van der Waals surface area (Å²) in [6.07, 6.45) is -0.0466. The molecular formula is C10H12N2O4S. The van der Waals surface area contributed by atoms with Gasteiger partial charge < -0.3 is 15.2 Å². The van der Waals surface area contributed by atoms with Gasteiger partial charge in [0.1, 0.15) is 6.61 Å². The van der Waals surface area contributed by atoms with Crippen LogP contribution in [0.3, 0.4) is 0 Å². The molecule has 1 aliphatic heterocycles. The predicted octanol–water partition coefficient (Wildman–Crippen LogP) is 0.473. The third-order valence-electron chi connectivity index (χ3n) is 2.60. The van der Waals surface area contributed by atoms with Gasteiger partial charge in [0.05, 0.1) is 18.7 Å². The van der Waals surface area contributed by atoms with Gasteiger partial charge in [0.2, 0.25) is 0 Å². The smallest absolute Gasteiger partial charge is 0.322 e. The van der Waals surface area contributed by atoms with Crippen molar-refractivity contribution in [2.45, 2.75) is 18.8 Å². The number of nitrogens with zero attached hydrogens (tertiary/aromatic N) is 1. The van der Waals surface area contributed by atoms with Crippen molar-refractivity contribution in [1.82, 2.24) is 4.98 Å². The Hall–Kier alpha value is -1.63. The SMILES string of the molecule is CCOC(=O)[C@@]1(c2csc(N)n2)COC(=O)C1. The summed E-state index contributed by atoms with van der Waals surface area (Å²) in [5.74, 6) is -0.916. The molecule has 0 spiro atoms. The number of rotatable bonds is 3. The van der Waals surface area contributed by atoms with Gasteiger partial charge in [-0.05, 0) is 6.92 Å². The van der Waals surface area contributed by atoms with Crippen molar-refractivity contribution in [3.63, 3.8) is 0 Å². The van der Waals surface area contributed by atoms with Crippen LogP contribution in [0.15, 0.2) is 5.38 Å². The standard InChI is InChI=1S/C10H12N2O4S/c1-2-15-8(14)10(3-7(13)16-5-10)6-4-17-9(11)12-6/h4H,2-3,5H2,1H3,(H2,11,12)/t10-/m1/s1.